The Balaban J connectivity index is 1.66. The minimum Gasteiger partial charge on any atom is -0.352 e. The zero-order valence-electron chi connectivity index (χ0n) is 15.4. The number of pyridine rings is 1. The zero-order valence-corrected chi connectivity index (χ0v) is 16.1. The molecule has 0 spiro atoms. The Kier molecular flexibility index (Phi) is 4.41. The van der Waals surface area contributed by atoms with Crippen LogP contribution in [0.4, 0.5) is 17.6 Å². The number of aromatic nitrogens is 1. The van der Waals surface area contributed by atoms with Crippen LogP contribution >= 0.6 is 11.6 Å². The van der Waals surface area contributed by atoms with Gasteiger partial charge >= 0.3 is 6.18 Å². The van der Waals surface area contributed by atoms with Crippen LogP contribution < -0.4 is 0 Å². The van der Waals surface area contributed by atoms with Crippen LogP contribution in [0.2, 0.25) is 5.02 Å². The van der Waals surface area contributed by atoms with Crippen LogP contribution in [0.3, 0.4) is 0 Å². The topological polar surface area (TPSA) is 28.5 Å². The third-order valence-corrected chi connectivity index (χ3v) is 5.88. The van der Waals surface area contributed by atoms with Crippen molar-refractivity contribution >= 4 is 17.4 Å². The first kappa shape index (κ1) is 19.2. The van der Waals surface area contributed by atoms with Gasteiger partial charge in [-0.25, -0.2) is 4.39 Å². The second-order valence-electron chi connectivity index (χ2n) is 7.53. The van der Waals surface area contributed by atoms with Gasteiger partial charge in [-0.1, -0.05) is 17.7 Å². The van der Waals surface area contributed by atoms with Gasteiger partial charge in [-0.15, -0.1) is 0 Å². The van der Waals surface area contributed by atoms with E-state index in [0.717, 1.165) is 22.9 Å². The lowest BCUT2D eigenvalue weighted by atomic mass is 9.77. The highest BCUT2D eigenvalue weighted by Gasteiger charge is 2.59. The van der Waals surface area contributed by atoms with E-state index < -0.39 is 24.0 Å². The van der Waals surface area contributed by atoms with Crippen LogP contribution in [0.5, 0.6) is 0 Å². The van der Waals surface area contributed by atoms with Crippen LogP contribution in [0.1, 0.15) is 34.4 Å². The number of aryl methyl sites for hydroxylation is 2. The predicted molar refractivity (Wildman–Crippen MR) is 99.0 cm³/mol. The minimum absolute atomic E-state index is 0.0446. The SMILES string of the molecule is Cc1cc2c(cn1)CN(C1=NCC(c3cc(C)c(F)c(Cl)c3)(C(F)(F)F)C1)C2. The number of fused-ring (bicyclic) bond motifs is 1. The van der Waals surface area contributed by atoms with E-state index in [1.165, 1.54) is 13.0 Å². The molecule has 1 aromatic heterocycles. The molecule has 0 radical (unpaired) electrons. The first-order chi connectivity index (χ1) is 13.1. The van der Waals surface area contributed by atoms with Crippen molar-refractivity contribution in [2.45, 2.75) is 44.9 Å². The molecule has 148 valence electrons. The smallest absolute Gasteiger partial charge is 0.352 e. The number of rotatable bonds is 1. The number of hydrogen-bond acceptors (Lipinski definition) is 3. The maximum absolute atomic E-state index is 14.2. The van der Waals surface area contributed by atoms with Crippen molar-refractivity contribution in [2.24, 2.45) is 4.99 Å². The molecule has 2 aliphatic heterocycles. The summed E-state index contributed by atoms with van der Waals surface area (Å²) in [4.78, 5) is 10.4. The van der Waals surface area contributed by atoms with Gasteiger partial charge in [-0.05, 0) is 48.2 Å². The van der Waals surface area contributed by atoms with Gasteiger partial charge in [-0.2, -0.15) is 13.2 Å². The second-order valence-corrected chi connectivity index (χ2v) is 7.94. The Bertz CT molecular complexity index is 963. The standard InChI is InChI=1S/C20H18ClF4N3/c1-11-3-15(5-16(21)18(11)22)19(20(23,24)25)6-17(27-10-19)28-8-13-4-12(2)26-7-14(13)9-28/h3-5,7H,6,8-10H2,1-2H3. The van der Waals surface area contributed by atoms with E-state index in [4.69, 9.17) is 11.6 Å². The van der Waals surface area contributed by atoms with E-state index in [-0.39, 0.29) is 22.6 Å². The summed E-state index contributed by atoms with van der Waals surface area (Å²) in [6.07, 6.45) is -3.07. The van der Waals surface area contributed by atoms with Gasteiger partial charge in [0.05, 0.1) is 11.6 Å². The number of hydrogen-bond donors (Lipinski definition) is 0. The van der Waals surface area contributed by atoms with Crippen molar-refractivity contribution in [1.82, 2.24) is 9.88 Å². The average Bonchev–Trinajstić information content (AvgIpc) is 3.23. The Hall–Kier alpha value is -2.15. The molecule has 1 unspecified atom stereocenters. The molecule has 2 aliphatic rings. The Morgan fingerprint density at radius 3 is 2.50 bits per heavy atom. The van der Waals surface area contributed by atoms with Crippen LogP contribution in [-0.4, -0.2) is 28.4 Å². The first-order valence-electron chi connectivity index (χ1n) is 8.86. The van der Waals surface area contributed by atoms with E-state index >= 15 is 0 Å². The Morgan fingerprint density at radius 2 is 1.82 bits per heavy atom. The highest BCUT2D eigenvalue weighted by molar-refractivity contribution is 6.30. The van der Waals surface area contributed by atoms with Crippen LogP contribution in [0.25, 0.3) is 0 Å². The first-order valence-corrected chi connectivity index (χ1v) is 9.24. The van der Waals surface area contributed by atoms with Gasteiger partial charge in [0.25, 0.3) is 0 Å². The van der Waals surface area contributed by atoms with Gasteiger partial charge in [0.2, 0.25) is 0 Å². The molecule has 2 aromatic rings. The fourth-order valence-corrected chi connectivity index (χ4v) is 4.22. The molecular formula is C20H18ClF4N3. The Morgan fingerprint density at radius 1 is 1.11 bits per heavy atom. The monoisotopic (exact) mass is 411 g/mol. The molecule has 4 rings (SSSR count). The lowest BCUT2D eigenvalue weighted by Gasteiger charge is -2.32. The van der Waals surface area contributed by atoms with Crippen molar-refractivity contribution < 1.29 is 17.6 Å². The third kappa shape index (κ3) is 2.96. The quantitative estimate of drug-likeness (QED) is 0.610. The molecule has 0 saturated carbocycles. The van der Waals surface area contributed by atoms with E-state index in [2.05, 4.69) is 9.98 Å². The summed E-state index contributed by atoms with van der Waals surface area (Å²) in [7, 11) is 0. The lowest BCUT2D eigenvalue weighted by Crippen LogP contribution is -2.45. The fourth-order valence-electron chi connectivity index (χ4n) is 3.95. The molecule has 0 N–H and O–H groups in total. The number of halogens is 5. The van der Waals surface area contributed by atoms with Crippen molar-refractivity contribution in [3.8, 4) is 0 Å². The molecule has 3 heterocycles. The van der Waals surface area contributed by atoms with Gasteiger partial charge in [0.1, 0.15) is 17.1 Å². The van der Waals surface area contributed by atoms with Crippen molar-refractivity contribution in [3.63, 3.8) is 0 Å². The molecule has 1 aromatic carbocycles. The molecular weight excluding hydrogens is 394 g/mol. The number of benzene rings is 1. The average molecular weight is 412 g/mol. The minimum atomic E-state index is -4.55. The van der Waals surface area contributed by atoms with Crippen LogP contribution in [0.15, 0.2) is 29.4 Å². The molecule has 28 heavy (non-hydrogen) atoms. The van der Waals surface area contributed by atoms with Crippen molar-refractivity contribution in [2.75, 3.05) is 6.54 Å². The van der Waals surface area contributed by atoms with Crippen molar-refractivity contribution in [3.05, 3.63) is 63.2 Å². The molecule has 0 aliphatic carbocycles. The van der Waals surface area contributed by atoms with Gasteiger partial charge in [0.15, 0.2) is 0 Å². The summed E-state index contributed by atoms with van der Waals surface area (Å²) < 4.78 is 56.5. The third-order valence-electron chi connectivity index (χ3n) is 5.60. The van der Waals surface area contributed by atoms with Crippen LogP contribution in [0, 0.1) is 19.7 Å². The Labute approximate surface area is 165 Å². The van der Waals surface area contributed by atoms with E-state index in [1.807, 2.05) is 17.9 Å². The number of amidine groups is 1. The van der Waals surface area contributed by atoms with E-state index in [9.17, 15) is 17.6 Å². The van der Waals surface area contributed by atoms with E-state index in [1.54, 1.807) is 6.20 Å². The van der Waals surface area contributed by atoms with Crippen molar-refractivity contribution in [1.29, 1.82) is 0 Å². The highest BCUT2D eigenvalue weighted by atomic mass is 35.5. The number of aliphatic imine (C=N–C) groups is 1. The summed E-state index contributed by atoms with van der Waals surface area (Å²) in [6, 6.07) is 4.27. The van der Waals surface area contributed by atoms with E-state index in [0.29, 0.717) is 18.9 Å². The van der Waals surface area contributed by atoms with Gasteiger partial charge in [-0.3, -0.25) is 9.98 Å². The molecule has 0 amide bonds. The summed E-state index contributed by atoms with van der Waals surface area (Å²) >= 11 is 5.85. The second kappa shape index (κ2) is 6.44. The van der Waals surface area contributed by atoms with Gasteiger partial charge < -0.3 is 4.90 Å². The fraction of sp³-hybridized carbons (Fsp3) is 0.400. The highest BCUT2D eigenvalue weighted by Crippen LogP contribution is 2.48. The molecule has 0 saturated heterocycles. The summed E-state index contributed by atoms with van der Waals surface area (Å²) in [5.41, 5.74) is 0.772. The van der Waals surface area contributed by atoms with Crippen LogP contribution in [-0.2, 0) is 18.5 Å². The molecule has 8 heteroatoms. The molecule has 0 bridgehead atoms. The molecule has 0 fully saturated rings. The molecule has 1 atom stereocenters. The predicted octanol–water partition coefficient (Wildman–Crippen LogP) is 5.11. The number of alkyl halides is 3. The maximum Gasteiger partial charge on any atom is 0.400 e. The van der Waals surface area contributed by atoms with Gasteiger partial charge in [0, 0.05) is 31.4 Å². The zero-order chi connectivity index (χ0) is 20.3. The normalized spacial score (nSPS) is 21.8. The lowest BCUT2D eigenvalue weighted by molar-refractivity contribution is -0.184. The largest absolute Gasteiger partial charge is 0.400 e. The maximum atomic E-state index is 14.2. The number of nitrogens with zero attached hydrogens (tertiary/aromatic N) is 3. The summed E-state index contributed by atoms with van der Waals surface area (Å²) in [5, 5.41) is -0.304. The summed E-state index contributed by atoms with van der Waals surface area (Å²) in [5.74, 6) is -0.288. The molecule has 3 nitrogen and oxygen atoms in total. The summed E-state index contributed by atoms with van der Waals surface area (Å²) in [6.45, 7) is 3.86.